The maximum Gasteiger partial charge on any atom is 0.211 e. The summed E-state index contributed by atoms with van der Waals surface area (Å²) in [7, 11) is -3.26. The molecule has 0 saturated carbocycles. The number of hydrogen-bond acceptors (Lipinski definition) is 4. The molecule has 0 aliphatic rings. The Labute approximate surface area is 107 Å². The van der Waals surface area contributed by atoms with Gasteiger partial charge in [-0.3, -0.25) is 0 Å². The largest absolute Gasteiger partial charge is 0.396 e. The van der Waals surface area contributed by atoms with Gasteiger partial charge in [0, 0.05) is 22.4 Å². The van der Waals surface area contributed by atoms with Crippen molar-refractivity contribution in [2.45, 2.75) is 32.7 Å². The molecular weight excluding hydrogens is 258 g/mol. The summed E-state index contributed by atoms with van der Waals surface area (Å²) in [5.74, 6) is -0.0166. The van der Waals surface area contributed by atoms with Crippen LogP contribution in [0.2, 0.25) is 0 Å². The number of aliphatic hydroxyl groups excluding tert-OH is 1. The quantitative estimate of drug-likeness (QED) is 0.789. The second-order valence-electron chi connectivity index (χ2n) is 4.13. The normalized spacial score (nSPS) is 13.8. The molecular formula is C11H19NO3S2. The number of nitrogens with one attached hydrogen (secondary N) is 1. The maximum absolute atomic E-state index is 11.6. The van der Waals surface area contributed by atoms with E-state index in [4.69, 9.17) is 5.11 Å². The minimum atomic E-state index is -3.26. The Morgan fingerprint density at radius 1 is 1.47 bits per heavy atom. The summed E-state index contributed by atoms with van der Waals surface area (Å²) in [6, 6.07) is 3.95. The Morgan fingerprint density at radius 3 is 2.71 bits per heavy atom. The highest BCUT2D eigenvalue weighted by molar-refractivity contribution is 7.89. The summed E-state index contributed by atoms with van der Waals surface area (Å²) < 4.78 is 25.8. The zero-order valence-electron chi connectivity index (χ0n) is 10.1. The summed E-state index contributed by atoms with van der Waals surface area (Å²) in [6.07, 6.45) is 0.983. The van der Waals surface area contributed by atoms with Gasteiger partial charge < -0.3 is 5.11 Å². The Balaban J connectivity index is 2.46. The zero-order chi connectivity index (χ0) is 12.9. The van der Waals surface area contributed by atoms with E-state index >= 15 is 0 Å². The Kier molecular flexibility index (Phi) is 5.58. The summed E-state index contributed by atoms with van der Waals surface area (Å²) in [4.78, 5) is 2.41. The maximum atomic E-state index is 11.6. The third-order valence-corrected chi connectivity index (χ3v) is 4.87. The third-order valence-electron chi connectivity index (χ3n) is 2.26. The fourth-order valence-corrected chi connectivity index (χ4v) is 3.90. The molecule has 0 aliphatic heterocycles. The van der Waals surface area contributed by atoms with E-state index in [9.17, 15) is 8.42 Å². The van der Waals surface area contributed by atoms with Crippen molar-refractivity contribution in [1.29, 1.82) is 0 Å². The van der Waals surface area contributed by atoms with E-state index in [0.29, 0.717) is 6.42 Å². The SMILES string of the molecule is Cc1ccc(CC(C)NS(=O)(=O)CCCO)s1. The molecule has 1 unspecified atom stereocenters. The Hall–Kier alpha value is -0.430. The smallest absolute Gasteiger partial charge is 0.211 e. The fraction of sp³-hybridized carbons (Fsp3) is 0.636. The molecule has 0 aromatic carbocycles. The van der Waals surface area contributed by atoms with Crippen LogP contribution >= 0.6 is 11.3 Å². The van der Waals surface area contributed by atoms with Crippen molar-refractivity contribution in [3.05, 3.63) is 21.9 Å². The van der Waals surface area contributed by atoms with Gasteiger partial charge >= 0.3 is 0 Å². The summed E-state index contributed by atoms with van der Waals surface area (Å²) in [5.41, 5.74) is 0. The van der Waals surface area contributed by atoms with E-state index in [-0.39, 0.29) is 24.8 Å². The van der Waals surface area contributed by atoms with Gasteiger partial charge in [0.2, 0.25) is 10.0 Å². The van der Waals surface area contributed by atoms with Crippen molar-refractivity contribution < 1.29 is 13.5 Å². The van der Waals surface area contributed by atoms with Crippen LogP contribution in [0.4, 0.5) is 0 Å². The highest BCUT2D eigenvalue weighted by atomic mass is 32.2. The van der Waals surface area contributed by atoms with Gasteiger partial charge in [-0.15, -0.1) is 11.3 Å². The van der Waals surface area contributed by atoms with Crippen LogP contribution in [0.3, 0.4) is 0 Å². The van der Waals surface area contributed by atoms with Crippen LogP contribution in [0.1, 0.15) is 23.1 Å². The van der Waals surface area contributed by atoms with Crippen LogP contribution in [-0.4, -0.2) is 31.9 Å². The van der Waals surface area contributed by atoms with Gasteiger partial charge in [-0.25, -0.2) is 13.1 Å². The van der Waals surface area contributed by atoms with Crippen LogP contribution in [0.15, 0.2) is 12.1 Å². The highest BCUT2D eigenvalue weighted by Gasteiger charge is 2.14. The van der Waals surface area contributed by atoms with Crippen molar-refractivity contribution in [1.82, 2.24) is 4.72 Å². The monoisotopic (exact) mass is 277 g/mol. The number of sulfonamides is 1. The van der Waals surface area contributed by atoms with Crippen LogP contribution in [0, 0.1) is 6.92 Å². The number of aliphatic hydroxyl groups is 1. The van der Waals surface area contributed by atoms with Crippen LogP contribution in [-0.2, 0) is 16.4 Å². The number of rotatable bonds is 7. The molecule has 0 aliphatic carbocycles. The van der Waals surface area contributed by atoms with E-state index in [1.807, 2.05) is 26.0 Å². The zero-order valence-corrected chi connectivity index (χ0v) is 11.8. The predicted molar refractivity (Wildman–Crippen MR) is 70.8 cm³/mol. The van der Waals surface area contributed by atoms with Gasteiger partial charge in [0.1, 0.15) is 0 Å². The second-order valence-corrected chi connectivity index (χ2v) is 7.38. The molecule has 1 heterocycles. The van der Waals surface area contributed by atoms with E-state index in [1.54, 1.807) is 11.3 Å². The predicted octanol–water partition coefficient (Wildman–Crippen LogP) is 1.29. The standard InChI is InChI=1S/C11H19NO3S2/c1-9(8-11-5-4-10(2)16-11)12-17(14,15)7-3-6-13/h4-5,9,12-13H,3,6-8H2,1-2H3. The van der Waals surface area contributed by atoms with Crippen molar-refractivity contribution >= 4 is 21.4 Å². The lowest BCUT2D eigenvalue weighted by Crippen LogP contribution is -2.35. The summed E-state index contributed by atoms with van der Waals surface area (Å²) in [6.45, 7) is 3.79. The van der Waals surface area contributed by atoms with Crippen LogP contribution in [0.25, 0.3) is 0 Å². The van der Waals surface area contributed by atoms with Gasteiger partial charge in [0.05, 0.1) is 5.75 Å². The van der Waals surface area contributed by atoms with Gasteiger partial charge in [-0.05, 0) is 38.8 Å². The lowest BCUT2D eigenvalue weighted by Gasteiger charge is -2.12. The van der Waals surface area contributed by atoms with Gasteiger partial charge in [-0.1, -0.05) is 0 Å². The minimum absolute atomic E-state index is 0.0166. The average molecular weight is 277 g/mol. The molecule has 0 bridgehead atoms. The molecule has 2 N–H and O–H groups in total. The topological polar surface area (TPSA) is 66.4 Å². The molecule has 1 atom stereocenters. The minimum Gasteiger partial charge on any atom is -0.396 e. The van der Waals surface area contributed by atoms with Gasteiger partial charge in [0.15, 0.2) is 0 Å². The number of hydrogen-bond donors (Lipinski definition) is 2. The molecule has 0 amide bonds. The number of aryl methyl sites for hydroxylation is 1. The van der Waals surface area contributed by atoms with Crippen LogP contribution in [0.5, 0.6) is 0 Å². The van der Waals surface area contributed by atoms with E-state index < -0.39 is 10.0 Å². The third kappa shape index (κ3) is 5.63. The van der Waals surface area contributed by atoms with Crippen molar-refractivity contribution in [2.75, 3.05) is 12.4 Å². The molecule has 1 aromatic rings. The van der Waals surface area contributed by atoms with Gasteiger partial charge in [-0.2, -0.15) is 0 Å². The Morgan fingerprint density at radius 2 is 2.18 bits per heavy atom. The van der Waals surface area contributed by atoms with E-state index in [0.717, 1.165) is 0 Å². The lowest BCUT2D eigenvalue weighted by molar-refractivity contribution is 0.295. The van der Waals surface area contributed by atoms with Crippen molar-refractivity contribution in [2.24, 2.45) is 0 Å². The first-order chi connectivity index (χ1) is 7.93. The highest BCUT2D eigenvalue weighted by Crippen LogP contribution is 2.16. The summed E-state index contributed by atoms with van der Waals surface area (Å²) in [5, 5.41) is 8.61. The first-order valence-electron chi connectivity index (χ1n) is 5.59. The Bertz CT molecular complexity index is 439. The average Bonchev–Trinajstić information content (AvgIpc) is 2.60. The fourth-order valence-electron chi connectivity index (χ4n) is 1.56. The van der Waals surface area contributed by atoms with Crippen molar-refractivity contribution in [3.63, 3.8) is 0 Å². The van der Waals surface area contributed by atoms with Gasteiger partial charge in [0.25, 0.3) is 0 Å². The first-order valence-corrected chi connectivity index (χ1v) is 8.06. The van der Waals surface area contributed by atoms with Crippen LogP contribution < -0.4 is 4.72 Å². The second kappa shape index (κ2) is 6.49. The molecule has 6 heteroatoms. The molecule has 1 rings (SSSR count). The van der Waals surface area contributed by atoms with Crippen molar-refractivity contribution in [3.8, 4) is 0 Å². The molecule has 17 heavy (non-hydrogen) atoms. The first kappa shape index (κ1) is 14.6. The molecule has 4 nitrogen and oxygen atoms in total. The number of thiophene rings is 1. The van der Waals surface area contributed by atoms with E-state index in [1.165, 1.54) is 9.75 Å². The lowest BCUT2D eigenvalue weighted by atomic mass is 10.2. The molecule has 0 radical (unpaired) electrons. The molecule has 0 fully saturated rings. The summed E-state index contributed by atoms with van der Waals surface area (Å²) >= 11 is 1.69. The molecule has 0 spiro atoms. The molecule has 98 valence electrons. The van der Waals surface area contributed by atoms with E-state index in [2.05, 4.69) is 4.72 Å². The molecule has 1 aromatic heterocycles. The molecule has 0 saturated heterocycles.